The van der Waals surface area contributed by atoms with Crippen molar-refractivity contribution in [2.24, 2.45) is 0 Å². The molecule has 1 atom stereocenters. The molecule has 23 heavy (non-hydrogen) atoms. The summed E-state index contributed by atoms with van der Waals surface area (Å²) in [6.07, 6.45) is 4.96. The molecule has 3 heterocycles. The zero-order chi connectivity index (χ0) is 15.9. The molecule has 0 bridgehead atoms. The first-order valence-corrected chi connectivity index (χ1v) is 8.33. The Bertz CT molecular complexity index is 475. The summed E-state index contributed by atoms with van der Waals surface area (Å²) in [6.45, 7) is 7.12. The Morgan fingerprint density at radius 1 is 1.13 bits per heavy atom. The maximum Gasteiger partial charge on any atom is 0.224 e. The summed E-state index contributed by atoms with van der Waals surface area (Å²) in [7, 11) is 0. The van der Waals surface area contributed by atoms with E-state index in [1.54, 1.807) is 12.7 Å². The van der Waals surface area contributed by atoms with Gasteiger partial charge in [0.15, 0.2) is 0 Å². The standard InChI is InChI=1S/C15H25N5O3/c21-15(2-5-19-12-16-17-13-19)20-4-1-3-18(6-7-20)10-14-11-22-8-9-23-14/h12-14H,1-11H2. The van der Waals surface area contributed by atoms with Crippen molar-refractivity contribution in [3.05, 3.63) is 12.7 Å². The number of rotatable bonds is 5. The lowest BCUT2D eigenvalue weighted by molar-refractivity contribution is -0.131. The predicted octanol–water partition coefficient (Wildman–Crippen LogP) is -0.382. The third-order valence-electron chi connectivity index (χ3n) is 4.34. The van der Waals surface area contributed by atoms with E-state index < -0.39 is 0 Å². The number of hydrogen-bond donors (Lipinski definition) is 0. The van der Waals surface area contributed by atoms with Gasteiger partial charge in [0.25, 0.3) is 0 Å². The van der Waals surface area contributed by atoms with Gasteiger partial charge in [-0.2, -0.15) is 0 Å². The molecule has 0 radical (unpaired) electrons. The molecule has 1 unspecified atom stereocenters. The molecule has 2 aliphatic heterocycles. The second-order valence-corrected chi connectivity index (χ2v) is 6.05. The predicted molar refractivity (Wildman–Crippen MR) is 82.8 cm³/mol. The van der Waals surface area contributed by atoms with Gasteiger partial charge in [-0.1, -0.05) is 0 Å². The van der Waals surface area contributed by atoms with E-state index >= 15 is 0 Å². The summed E-state index contributed by atoms with van der Waals surface area (Å²) in [5.41, 5.74) is 0. The van der Waals surface area contributed by atoms with Gasteiger partial charge in [-0.05, 0) is 13.0 Å². The molecule has 1 aromatic rings. The number of aryl methyl sites for hydroxylation is 1. The lowest BCUT2D eigenvalue weighted by atomic mass is 10.3. The molecule has 8 heteroatoms. The van der Waals surface area contributed by atoms with E-state index in [1.165, 1.54) is 0 Å². The van der Waals surface area contributed by atoms with Crippen molar-refractivity contribution in [3.8, 4) is 0 Å². The van der Waals surface area contributed by atoms with Crippen molar-refractivity contribution in [2.45, 2.75) is 25.5 Å². The molecule has 0 N–H and O–H groups in total. The molecule has 3 rings (SSSR count). The number of hydrogen-bond acceptors (Lipinski definition) is 6. The van der Waals surface area contributed by atoms with Crippen molar-refractivity contribution in [3.63, 3.8) is 0 Å². The van der Waals surface area contributed by atoms with Crippen molar-refractivity contribution in [1.29, 1.82) is 0 Å². The number of carbonyl (C=O) groups is 1. The maximum atomic E-state index is 12.4. The van der Waals surface area contributed by atoms with Gasteiger partial charge in [-0.15, -0.1) is 10.2 Å². The molecule has 2 aliphatic rings. The molecule has 128 valence electrons. The van der Waals surface area contributed by atoms with Crippen molar-refractivity contribution in [2.75, 3.05) is 52.5 Å². The van der Waals surface area contributed by atoms with Gasteiger partial charge in [-0.3, -0.25) is 9.69 Å². The third kappa shape index (κ3) is 4.98. The Morgan fingerprint density at radius 2 is 2.00 bits per heavy atom. The first-order valence-electron chi connectivity index (χ1n) is 8.33. The summed E-state index contributed by atoms with van der Waals surface area (Å²) in [5, 5.41) is 7.50. The molecule has 1 amide bonds. The summed E-state index contributed by atoms with van der Waals surface area (Å²) < 4.78 is 13.0. The first kappa shape index (κ1) is 16.4. The van der Waals surface area contributed by atoms with Crippen molar-refractivity contribution < 1.29 is 14.3 Å². The summed E-state index contributed by atoms with van der Waals surface area (Å²) >= 11 is 0. The zero-order valence-corrected chi connectivity index (χ0v) is 13.5. The summed E-state index contributed by atoms with van der Waals surface area (Å²) in [4.78, 5) is 16.7. The van der Waals surface area contributed by atoms with Gasteiger partial charge in [0, 0.05) is 39.1 Å². The minimum atomic E-state index is 0.166. The third-order valence-corrected chi connectivity index (χ3v) is 4.34. The Kier molecular flexibility index (Phi) is 5.95. The summed E-state index contributed by atoms with van der Waals surface area (Å²) in [5.74, 6) is 0.206. The highest BCUT2D eigenvalue weighted by Gasteiger charge is 2.22. The van der Waals surface area contributed by atoms with Crippen LogP contribution < -0.4 is 0 Å². The number of nitrogens with zero attached hydrogens (tertiary/aromatic N) is 5. The smallest absolute Gasteiger partial charge is 0.224 e. The van der Waals surface area contributed by atoms with Crippen LogP contribution >= 0.6 is 0 Å². The molecule has 0 aliphatic carbocycles. The fourth-order valence-corrected chi connectivity index (χ4v) is 3.05. The topological polar surface area (TPSA) is 72.7 Å². The normalized spacial score (nSPS) is 23.7. The van der Waals surface area contributed by atoms with Crippen molar-refractivity contribution >= 4 is 5.91 Å². The Hall–Kier alpha value is -1.51. The highest BCUT2D eigenvalue weighted by atomic mass is 16.6. The largest absolute Gasteiger partial charge is 0.376 e. The van der Waals surface area contributed by atoms with Gasteiger partial charge in [0.1, 0.15) is 12.7 Å². The second kappa shape index (κ2) is 8.37. The lowest BCUT2D eigenvalue weighted by Gasteiger charge is -2.29. The minimum absolute atomic E-state index is 0.166. The van der Waals surface area contributed by atoms with Crippen LogP contribution in [0.1, 0.15) is 12.8 Å². The quantitative estimate of drug-likeness (QED) is 0.735. The molecular weight excluding hydrogens is 298 g/mol. The highest BCUT2D eigenvalue weighted by molar-refractivity contribution is 5.76. The number of amides is 1. The lowest BCUT2D eigenvalue weighted by Crippen LogP contribution is -2.42. The Balaban J connectivity index is 1.41. The average Bonchev–Trinajstić information content (AvgIpc) is 2.99. The number of aromatic nitrogens is 3. The van der Waals surface area contributed by atoms with Crippen LogP contribution in [0.15, 0.2) is 12.7 Å². The molecule has 8 nitrogen and oxygen atoms in total. The van der Waals surface area contributed by atoms with Crippen LogP contribution in [0.5, 0.6) is 0 Å². The molecule has 0 saturated carbocycles. The van der Waals surface area contributed by atoms with Crippen LogP contribution in [-0.4, -0.2) is 89.1 Å². The van der Waals surface area contributed by atoms with E-state index in [9.17, 15) is 4.79 Å². The van der Waals surface area contributed by atoms with Gasteiger partial charge in [0.05, 0.1) is 25.9 Å². The van der Waals surface area contributed by atoms with E-state index in [2.05, 4.69) is 15.1 Å². The Labute approximate surface area is 136 Å². The first-order chi connectivity index (χ1) is 11.3. The van der Waals surface area contributed by atoms with Crippen molar-refractivity contribution in [1.82, 2.24) is 24.6 Å². The van der Waals surface area contributed by atoms with Crippen LogP contribution in [0.2, 0.25) is 0 Å². The molecule has 0 aromatic carbocycles. The molecule has 0 spiro atoms. The van der Waals surface area contributed by atoms with E-state index in [0.29, 0.717) is 32.8 Å². The Morgan fingerprint density at radius 3 is 2.78 bits per heavy atom. The minimum Gasteiger partial charge on any atom is -0.376 e. The monoisotopic (exact) mass is 323 g/mol. The SMILES string of the molecule is O=C(CCn1cnnc1)N1CCCN(CC2COCCO2)CC1. The second-order valence-electron chi connectivity index (χ2n) is 6.05. The van der Waals surface area contributed by atoms with Crippen LogP contribution in [0, 0.1) is 0 Å². The van der Waals surface area contributed by atoms with E-state index in [4.69, 9.17) is 9.47 Å². The average molecular weight is 323 g/mol. The molecule has 2 saturated heterocycles. The highest BCUT2D eigenvalue weighted by Crippen LogP contribution is 2.09. The van der Waals surface area contributed by atoms with E-state index in [0.717, 1.165) is 39.1 Å². The molecule has 1 aromatic heterocycles. The van der Waals surface area contributed by atoms with Crippen LogP contribution in [0.4, 0.5) is 0 Å². The fraction of sp³-hybridized carbons (Fsp3) is 0.800. The number of ether oxygens (including phenoxy) is 2. The van der Waals surface area contributed by atoms with Gasteiger partial charge >= 0.3 is 0 Å². The zero-order valence-electron chi connectivity index (χ0n) is 13.5. The van der Waals surface area contributed by atoms with Gasteiger partial charge < -0.3 is 18.9 Å². The molecule has 2 fully saturated rings. The fourth-order valence-electron chi connectivity index (χ4n) is 3.05. The van der Waals surface area contributed by atoms with Crippen LogP contribution in [0.3, 0.4) is 0 Å². The van der Waals surface area contributed by atoms with Gasteiger partial charge in [-0.25, -0.2) is 0 Å². The molecular formula is C15H25N5O3. The van der Waals surface area contributed by atoms with Crippen LogP contribution in [0.25, 0.3) is 0 Å². The maximum absolute atomic E-state index is 12.4. The van der Waals surface area contributed by atoms with Crippen LogP contribution in [-0.2, 0) is 20.8 Å². The van der Waals surface area contributed by atoms with E-state index in [1.807, 2.05) is 9.47 Å². The van der Waals surface area contributed by atoms with Gasteiger partial charge in [0.2, 0.25) is 5.91 Å². The number of carbonyl (C=O) groups excluding carboxylic acids is 1. The van der Waals surface area contributed by atoms with E-state index in [-0.39, 0.29) is 12.0 Å². The summed E-state index contributed by atoms with van der Waals surface area (Å²) in [6, 6.07) is 0.